The summed E-state index contributed by atoms with van der Waals surface area (Å²) in [6.45, 7) is 0.100. The number of hydrogen-bond donors (Lipinski definition) is 0. The van der Waals surface area contributed by atoms with Gasteiger partial charge >= 0.3 is 0 Å². The number of carbonyl (C=O) groups excluding carboxylic acids is 2. The molecule has 2 amide bonds. The minimum atomic E-state index is -0.329. The van der Waals surface area contributed by atoms with Crippen LogP contribution in [0.25, 0.3) is 5.57 Å². The zero-order valence-corrected chi connectivity index (χ0v) is 15.9. The van der Waals surface area contributed by atoms with E-state index in [-0.39, 0.29) is 18.4 Å². The van der Waals surface area contributed by atoms with E-state index in [4.69, 9.17) is 9.15 Å². The van der Waals surface area contributed by atoms with Crippen LogP contribution in [0.3, 0.4) is 0 Å². The van der Waals surface area contributed by atoms with Crippen molar-refractivity contribution in [2.24, 2.45) is 0 Å². The number of nitrogens with zero attached hydrogens (tertiary/aromatic N) is 1. The van der Waals surface area contributed by atoms with Gasteiger partial charge in [-0.15, -0.1) is 0 Å². The third kappa shape index (κ3) is 3.46. The number of carbonyl (C=O) groups is 2. The molecule has 2 heterocycles. The number of rotatable bonds is 6. The van der Waals surface area contributed by atoms with Gasteiger partial charge in [0.25, 0.3) is 11.8 Å². The highest BCUT2D eigenvalue weighted by Crippen LogP contribution is 2.40. The molecule has 0 spiro atoms. The van der Waals surface area contributed by atoms with Gasteiger partial charge in [-0.05, 0) is 42.0 Å². The fourth-order valence-electron chi connectivity index (χ4n) is 2.97. The summed E-state index contributed by atoms with van der Waals surface area (Å²) in [6.07, 6.45) is 1.53. The molecule has 0 radical (unpaired) electrons. The lowest BCUT2D eigenvalue weighted by Crippen LogP contribution is -2.30. The van der Waals surface area contributed by atoms with Crippen LogP contribution in [-0.4, -0.2) is 23.8 Å². The van der Waals surface area contributed by atoms with Crippen LogP contribution in [0, 0.1) is 0 Å². The van der Waals surface area contributed by atoms with E-state index in [9.17, 15) is 9.59 Å². The molecule has 0 bridgehead atoms. The number of furan rings is 1. The van der Waals surface area contributed by atoms with Gasteiger partial charge in [-0.1, -0.05) is 42.1 Å². The number of imide groups is 1. The zero-order chi connectivity index (χ0) is 19.5. The highest BCUT2D eigenvalue weighted by atomic mass is 32.2. The van der Waals surface area contributed by atoms with Crippen molar-refractivity contribution in [1.29, 1.82) is 0 Å². The second-order valence-corrected chi connectivity index (χ2v) is 7.21. The Morgan fingerprint density at radius 3 is 2.32 bits per heavy atom. The Morgan fingerprint density at radius 1 is 0.929 bits per heavy atom. The fourth-order valence-corrected chi connectivity index (χ4v) is 4.00. The second kappa shape index (κ2) is 7.78. The van der Waals surface area contributed by atoms with Crippen LogP contribution >= 0.6 is 11.8 Å². The Kier molecular flexibility index (Phi) is 5.04. The first kappa shape index (κ1) is 18.1. The average molecular weight is 391 g/mol. The summed E-state index contributed by atoms with van der Waals surface area (Å²) in [4.78, 5) is 28.8. The minimum Gasteiger partial charge on any atom is -0.497 e. The highest BCUT2D eigenvalue weighted by Gasteiger charge is 2.39. The third-order valence-corrected chi connectivity index (χ3v) is 5.45. The van der Waals surface area contributed by atoms with Gasteiger partial charge in [-0.2, -0.15) is 0 Å². The minimum absolute atomic E-state index is 0.100. The molecule has 140 valence electrons. The molecule has 0 fully saturated rings. The summed E-state index contributed by atoms with van der Waals surface area (Å²) in [7, 11) is 1.58. The predicted octanol–water partition coefficient (Wildman–Crippen LogP) is 4.36. The van der Waals surface area contributed by atoms with E-state index >= 15 is 0 Å². The lowest BCUT2D eigenvalue weighted by atomic mass is 10.1. The van der Waals surface area contributed by atoms with Gasteiger partial charge in [0, 0.05) is 4.90 Å². The Hall–Kier alpha value is -3.25. The standard InChI is InChI=1S/C22H17NO4S/c1-26-16-11-9-15(10-12-16)19-20(28-18-7-3-2-4-8-18)22(25)23(21(19)24)14-17-6-5-13-27-17/h2-13H,14H2,1H3. The summed E-state index contributed by atoms with van der Waals surface area (Å²) in [5.41, 5.74) is 1.08. The molecule has 4 rings (SSSR count). The van der Waals surface area contributed by atoms with E-state index in [1.54, 1.807) is 43.5 Å². The van der Waals surface area contributed by atoms with E-state index < -0.39 is 0 Å². The van der Waals surface area contributed by atoms with Crippen molar-refractivity contribution in [3.05, 3.63) is 89.2 Å². The van der Waals surface area contributed by atoms with E-state index in [0.29, 0.717) is 27.6 Å². The quantitative estimate of drug-likeness (QED) is 0.584. The monoisotopic (exact) mass is 391 g/mol. The summed E-state index contributed by atoms with van der Waals surface area (Å²) in [5, 5.41) is 0. The molecule has 3 aromatic rings. The largest absolute Gasteiger partial charge is 0.497 e. The SMILES string of the molecule is COc1ccc(C2=C(Sc3ccccc3)C(=O)N(Cc3ccco3)C2=O)cc1. The number of hydrogen-bond acceptors (Lipinski definition) is 5. The Morgan fingerprint density at radius 2 is 1.68 bits per heavy atom. The molecule has 0 saturated heterocycles. The topological polar surface area (TPSA) is 59.8 Å². The summed E-state index contributed by atoms with van der Waals surface area (Å²) < 4.78 is 10.5. The van der Waals surface area contributed by atoms with Gasteiger partial charge in [0.2, 0.25) is 0 Å². The normalized spacial score (nSPS) is 14.1. The van der Waals surface area contributed by atoms with Gasteiger partial charge in [-0.3, -0.25) is 14.5 Å². The van der Waals surface area contributed by atoms with Gasteiger partial charge < -0.3 is 9.15 Å². The Labute approximate surface area is 166 Å². The first-order valence-electron chi connectivity index (χ1n) is 8.67. The van der Waals surface area contributed by atoms with Crippen LogP contribution in [0.5, 0.6) is 5.75 Å². The number of methoxy groups -OCH3 is 1. The molecule has 1 aliphatic heterocycles. The summed E-state index contributed by atoms with van der Waals surface area (Å²) >= 11 is 1.30. The molecule has 1 aromatic heterocycles. The Bertz CT molecular complexity index is 1020. The van der Waals surface area contributed by atoms with Crippen molar-refractivity contribution in [3.8, 4) is 5.75 Å². The summed E-state index contributed by atoms with van der Waals surface area (Å²) in [5.74, 6) is 0.596. The maximum Gasteiger partial charge on any atom is 0.268 e. The van der Waals surface area contributed by atoms with Gasteiger partial charge in [-0.25, -0.2) is 0 Å². The molecule has 0 aliphatic carbocycles. The maximum absolute atomic E-state index is 13.2. The van der Waals surface area contributed by atoms with E-state index in [1.807, 2.05) is 30.3 Å². The molecule has 1 aliphatic rings. The number of benzene rings is 2. The molecular formula is C22H17NO4S. The molecule has 0 unspecified atom stereocenters. The molecule has 0 N–H and O–H groups in total. The Balaban J connectivity index is 1.74. The number of thioether (sulfide) groups is 1. The molecule has 5 nitrogen and oxygen atoms in total. The number of amides is 2. The highest BCUT2D eigenvalue weighted by molar-refractivity contribution is 8.04. The van der Waals surface area contributed by atoms with Crippen molar-refractivity contribution >= 4 is 29.1 Å². The fraction of sp³-hybridized carbons (Fsp3) is 0.0909. The van der Waals surface area contributed by atoms with E-state index in [1.165, 1.54) is 22.9 Å². The molecule has 6 heteroatoms. The predicted molar refractivity (Wildman–Crippen MR) is 106 cm³/mol. The van der Waals surface area contributed by atoms with Gasteiger partial charge in [0.15, 0.2) is 0 Å². The molecular weight excluding hydrogens is 374 g/mol. The first-order chi connectivity index (χ1) is 13.7. The van der Waals surface area contributed by atoms with Crippen LogP contribution in [0.15, 0.2) is 87.2 Å². The maximum atomic E-state index is 13.2. The lowest BCUT2D eigenvalue weighted by Gasteiger charge is -2.13. The summed E-state index contributed by atoms with van der Waals surface area (Å²) in [6, 6.07) is 20.2. The van der Waals surface area contributed by atoms with Crippen molar-refractivity contribution in [3.63, 3.8) is 0 Å². The molecule has 28 heavy (non-hydrogen) atoms. The van der Waals surface area contributed by atoms with Crippen LogP contribution in [-0.2, 0) is 16.1 Å². The zero-order valence-electron chi connectivity index (χ0n) is 15.1. The molecule has 2 aromatic carbocycles. The van der Waals surface area contributed by atoms with Crippen molar-refractivity contribution in [1.82, 2.24) is 4.90 Å². The van der Waals surface area contributed by atoms with Crippen molar-refractivity contribution in [2.45, 2.75) is 11.4 Å². The van der Waals surface area contributed by atoms with E-state index in [2.05, 4.69) is 0 Å². The third-order valence-electron chi connectivity index (χ3n) is 4.36. The van der Waals surface area contributed by atoms with Crippen molar-refractivity contribution < 1.29 is 18.7 Å². The van der Waals surface area contributed by atoms with Crippen LogP contribution < -0.4 is 4.74 Å². The number of ether oxygens (including phenoxy) is 1. The van der Waals surface area contributed by atoms with Crippen molar-refractivity contribution in [2.75, 3.05) is 7.11 Å². The first-order valence-corrected chi connectivity index (χ1v) is 9.49. The molecule has 0 saturated carbocycles. The lowest BCUT2D eigenvalue weighted by molar-refractivity contribution is -0.137. The van der Waals surface area contributed by atoms with Crippen LogP contribution in [0.2, 0.25) is 0 Å². The average Bonchev–Trinajstić information content (AvgIpc) is 3.32. The van der Waals surface area contributed by atoms with Gasteiger partial charge in [0.1, 0.15) is 11.5 Å². The smallest absolute Gasteiger partial charge is 0.268 e. The second-order valence-electron chi connectivity index (χ2n) is 6.12. The van der Waals surface area contributed by atoms with Crippen LogP contribution in [0.1, 0.15) is 11.3 Å². The van der Waals surface area contributed by atoms with Crippen LogP contribution in [0.4, 0.5) is 0 Å². The van der Waals surface area contributed by atoms with Gasteiger partial charge in [0.05, 0.1) is 30.4 Å². The molecule has 0 atom stereocenters. The van der Waals surface area contributed by atoms with E-state index in [0.717, 1.165) is 4.90 Å².